The molecule has 0 radical (unpaired) electrons. The lowest BCUT2D eigenvalue weighted by Crippen LogP contribution is -2.05. The van der Waals surface area contributed by atoms with Crippen LogP contribution >= 0.6 is 34.4 Å². The average Bonchev–Trinajstić information content (AvgIpc) is 2.86. The van der Waals surface area contributed by atoms with E-state index in [0.717, 1.165) is 10.9 Å². The third kappa shape index (κ3) is 2.48. The first-order valence-electron chi connectivity index (χ1n) is 3.96. The monoisotopic (exact) mass is 243 g/mol. The Kier molecular flexibility index (Phi) is 3.41. The standard InChI is InChI=1S/C8H9N3S3/c9-11-8-10-4-6(14-8)5-13-7-2-1-3-12-7/h1-4H,5,9H2,(H,10,11). The Hall–Kier alpha value is -0.560. The van der Waals surface area contributed by atoms with Gasteiger partial charge in [0.1, 0.15) is 0 Å². The zero-order valence-corrected chi connectivity index (χ0v) is 9.72. The van der Waals surface area contributed by atoms with Gasteiger partial charge in [0.05, 0.1) is 4.21 Å². The lowest BCUT2D eigenvalue weighted by molar-refractivity contribution is 1.28. The van der Waals surface area contributed by atoms with E-state index < -0.39 is 0 Å². The van der Waals surface area contributed by atoms with Crippen LogP contribution in [0, 0.1) is 0 Å². The molecule has 0 amide bonds. The predicted octanol–water partition coefficient (Wildman–Crippen LogP) is 2.78. The first-order chi connectivity index (χ1) is 6.88. The van der Waals surface area contributed by atoms with Crippen molar-refractivity contribution in [1.29, 1.82) is 0 Å². The van der Waals surface area contributed by atoms with Gasteiger partial charge < -0.3 is 0 Å². The maximum Gasteiger partial charge on any atom is 0.197 e. The van der Waals surface area contributed by atoms with Gasteiger partial charge in [-0.25, -0.2) is 10.8 Å². The van der Waals surface area contributed by atoms with E-state index in [-0.39, 0.29) is 0 Å². The Bertz CT molecular complexity index is 382. The molecule has 2 aromatic rings. The Labute approximate surface area is 94.3 Å². The smallest absolute Gasteiger partial charge is 0.197 e. The number of thiazole rings is 1. The molecule has 14 heavy (non-hydrogen) atoms. The lowest BCUT2D eigenvalue weighted by atomic mass is 10.6. The highest BCUT2D eigenvalue weighted by Crippen LogP contribution is 2.29. The van der Waals surface area contributed by atoms with E-state index in [1.165, 1.54) is 9.09 Å². The summed E-state index contributed by atoms with van der Waals surface area (Å²) in [7, 11) is 0. The lowest BCUT2D eigenvalue weighted by Gasteiger charge is -1.93. The summed E-state index contributed by atoms with van der Waals surface area (Å²) in [6.07, 6.45) is 1.86. The van der Waals surface area contributed by atoms with Crippen LogP contribution in [0.25, 0.3) is 0 Å². The molecule has 0 atom stereocenters. The molecule has 0 aliphatic heterocycles. The molecule has 74 valence electrons. The van der Waals surface area contributed by atoms with Gasteiger partial charge in [0.25, 0.3) is 0 Å². The Morgan fingerprint density at radius 1 is 1.57 bits per heavy atom. The van der Waals surface area contributed by atoms with E-state index in [1.54, 1.807) is 22.7 Å². The molecule has 0 saturated carbocycles. The number of thioether (sulfide) groups is 1. The third-order valence-electron chi connectivity index (χ3n) is 1.53. The van der Waals surface area contributed by atoms with Crippen molar-refractivity contribution in [2.45, 2.75) is 9.96 Å². The van der Waals surface area contributed by atoms with Crippen LogP contribution in [-0.2, 0) is 5.75 Å². The number of nitrogens with zero attached hydrogens (tertiary/aromatic N) is 1. The molecule has 2 aromatic heterocycles. The topological polar surface area (TPSA) is 50.9 Å². The SMILES string of the molecule is NNc1ncc(CSc2cccs2)s1. The van der Waals surface area contributed by atoms with Gasteiger partial charge in [0, 0.05) is 16.8 Å². The van der Waals surface area contributed by atoms with Crippen molar-refractivity contribution in [3.63, 3.8) is 0 Å². The molecule has 2 heterocycles. The molecular weight excluding hydrogens is 234 g/mol. The molecule has 0 aliphatic rings. The van der Waals surface area contributed by atoms with Gasteiger partial charge in [0.15, 0.2) is 5.13 Å². The minimum Gasteiger partial charge on any atom is -0.300 e. The van der Waals surface area contributed by atoms with Crippen LogP contribution in [-0.4, -0.2) is 4.98 Å². The van der Waals surface area contributed by atoms with Gasteiger partial charge >= 0.3 is 0 Å². The fourth-order valence-electron chi connectivity index (χ4n) is 0.929. The molecule has 0 aliphatic carbocycles. The van der Waals surface area contributed by atoms with Crippen molar-refractivity contribution < 1.29 is 0 Å². The van der Waals surface area contributed by atoms with Crippen molar-refractivity contribution in [2.24, 2.45) is 5.84 Å². The zero-order valence-electron chi connectivity index (χ0n) is 7.27. The van der Waals surface area contributed by atoms with Crippen molar-refractivity contribution in [3.8, 4) is 0 Å². The fourth-order valence-corrected chi connectivity index (χ4v) is 3.46. The number of anilines is 1. The number of hydrogen-bond acceptors (Lipinski definition) is 6. The van der Waals surface area contributed by atoms with Crippen LogP contribution in [0.2, 0.25) is 0 Å². The van der Waals surface area contributed by atoms with Crippen LogP contribution in [0.5, 0.6) is 0 Å². The first-order valence-corrected chi connectivity index (χ1v) is 6.64. The molecule has 0 saturated heterocycles. The molecule has 6 heteroatoms. The highest BCUT2D eigenvalue weighted by Gasteiger charge is 2.01. The fraction of sp³-hybridized carbons (Fsp3) is 0.125. The summed E-state index contributed by atoms with van der Waals surface area (Å²) in [6.45, 7) is 0. The van der Waals surface area contributed by atoms with E-state index >= 15 is 0 Å². The molecule has 0 fully saturated rings. The van der Waals surface area contributed by atoms with Crippen LogP contribution < -0.4 is 11.3 Å². The van der Waals surface area contributed by atoms with Crippen molar-refractivity contribution >= 4 is 39.6 Å². The molecular formula is C8H9N3S3. The van der Waals surface area contributed by atoms with Gasteiger partial charge in [-0.1, -0.05) is 6.07 Å². The minimum absolute atomic E-state index is 0.770. The Morgan fingerprint density at radius 2 is 2.50 bits per heavy atom. The summed E-state index contributed by atoms with van der Waals surface area (Å²) in [5.41, 5.74) is 2.54. The number of aromatic nitrogens is 1. The van der Waals surface area contributed by atoms with Gasteiger partial charge in [-0.05, 0) is 11.4 Å². The minimum atomic E-state index is 0.770. The average molecular weight is 243 g/mol. The molecule has 0 unspecified atom stereocenters. The first kappa shape index (κ1) is 9.97. The van der Waals surface area contributed by atoms with E-state index in [9.17, 15) is 0 Å². The van der Waals surface area contributed by atoms with Crippen LogP contribution in [0.1, 0.15) is 4.88 Å². The number of nitrogens with two attached hydrogens (primary N) is 1. The number of nitrogen functional groups attached to an aromatic ring is 1. The number of hydrogen-bond donors (Lipinski definition) is 2. The third-order valence-corrected chi connectivity index (χ3v) is 4.82. The second-order valence-corrected chi connectivity index (χ2v) is 5.84. The Morgan fingerprint density at radius 3 is 3.14 bits per heavy atom. The summed E-state index contributed by atoms with van der Waals surface area (Å²) in [5, 5.41) is 2.86. The van der Waals surface area contributed by atoms with Crippen molar-refractivity contribution in [2.75, 3.05) is 5.43 Å². The van der Waals surface area contributed by atoms with Crippen molar-refractivity contribution in [1.82, 2.24) is 4.98 Å². The number of rotatable bonds is 4. The molecule has 0 spiro atoms. The number of nitrogens with one attached hydrogen (secondary N) is 1. The second kappa shape index (κ2) is 4.79. The molecule has 0 aromatic carbocycles. The maximum atomic E-state index is 5.25. The van der Waals surface area contributed by atoms with Crippen LogP contribution in [0.4, 0.5) is 5.13 Å². The van der Waals surface area contributed by atoms with E-state index in [4.69, 9.17) is 5.84 Å². The summed E-state index contributed by atoms with van der Waals surface area (Å²) in [5.74, 6) is 6.21. The quantitative estimate of drug-likeness (QED) is 0.492. The molecule has 3 nitrogen and oxygen atoms in total. The summed E-state index contributed by atoms with van der Waals surface area (Å²) >= 11 is 5.18. The van der Waals surface area contributed by atoms with Gasteiger partial charge in [0.2, 0.25) is 0 Å². The van der Waals surface area contributed by atoms with E-state index in [1.807, 2.05) is 18.0 Å². The molecule has 3 N–H and O–H groups in total. The highest BCUT2D eigenvalue weighted by atomic mass is 32.2. The highest BCUT2D eigenvalue weighted by molar-refractivity contribution is 8.00. The van der Waals surface area contributed by atoms with Crippen LogP contribution in [0.3, 0.4) is 0 Å². The molecule has 0 bridgehead atoms. The van der Waals surface area contributed by atoms with Gasteiger partial charge in [-0.3, -0.25) is 5.43 Å². The maximum absolute atomic E-state index is 5.25. The summed E-state index contributed by atoms with van der Waals surface area (Å²) in [6, 6.07) is 4.19. The molecule has 2 rings (SSSR count). The largest absolute Gasteiger partial charge is 0.300 e. The zero-order chi connectivity index (χ0) is 9.80. The van der Waals surface area contributed by atoms with Gasteiger partial charge in [-0.15, -0.1) is 34.4 Å². The van der Waals surface area contributed by atoms with Crippen molar-refractivity contribution in [3.05, 3.63) is 28.6 Å². The number of thiophene rings is 1. The predicted molar refractivity (Wildman–Crippen MR) is 63.8 cm³/mol. The van der Waals surface area contributed by atoms with Gasteiger partial charge in [-0.2, -0.15) is 0 Å². The van der Waals surface area contributed by atoms with E-state index in [2.05, 4.69) is 27.9 Å². The number of hydrazine groups is 1. The Balaban J connectivity index is 1.92. The van der Waals surface area contributed by atoms with E-state index in [0.29, 0.717) is 0 Å². The summed E-state index contributed by atoms with van der Waals surface area (Å²) in [4.78, 5) is 5.34. The summed E-state index contributed by atoms with van der Waals surface area (Å²) < 4.78 is 1.33. The van der Waals surface area contributed by atoms with Crippen LogP contribution in [0.15, 0.2) is 27.9 Å². The second-order valence-electron chi connectivity index (χ2n) is 2.50. The normalized spacial score (nSPS) is 10.4.